The Labute approximate surface area is 142 Å². The number of carbonyl (C=O) groups excluding carboxylic acids is 1. The maximum atomic E-state index is 11.9. The topological polar surface area (TPSA) is 57.3 Å². The predicted octanol–water partition coefficient (Wildman–Crippen LogP) is 2.90. The van der Waals surface area contributed by atoms with Crippen LogP contribution in [0.5, 0.6) is 0 Å². The molecule has 1 amide bonds. The van der Waals surface area contributed by atoms with Crippen LogP contribution in [0.3, 0.4) is 0 Å². The molecule has 2 atom stereocenters. The van der Waals surface area contributed by atoms with Crippen LogP contribution >= 0.6 is 34.5 Å². The molecule has 1 fully saturated rings. The molecule has 1 aromatic carbocycles. The van der Waals surface area contributed by atoms with E-state index in [-0.39, 0.29) is 11.9 Å². The Kier molecular flexibility index (Phi) is 4.83. The van der Waals surface area contributed by atoms with Gasteiger partial charge in [-0.25, -0.2) is 10.4 Å². The summed E-state index contributed by atoms with van der Waals surface area (Å²) in [5.74, 6) is -0.138. The van der Waals surface area contributed by atoms with E-state index in [9.17, 15) is 4.79 Å². The number of rotatable bonds is 6. The van der Waals surface area contributed by atoms with Gasteiger partial charge in [0.15, 0.2) is 5.13 Å². The van der Waals surface area contributed by atoms with Crippen LogP contribution in [0.4, 0.5) is 5.13 Å². The molecule has 1 aliphatic rings. The average Bonchev–Trinajstić information content (AvgIpc) is 3.04. The minimum atomic E-state index is -0.584. The number of hydrogen-bond acceptors (Lipinski definition) is 5. The zero-order valence-electron chi connectivity index (χ0n) is 11.5. The number of carbonyl (C=O) groups is 1. The molecule has 0 spiro atoms. The lowest BCUT2D eigenvalue weighted by Gasteiger charge is -2.44. The zero-order chi connectivity index (χ0) is 15.5. The Morgan fingerprint density at radius 3 is 2.86 bits per heavy atom. The summed E-state index contributed by atoms with van der Waals surface area (Å²) in [6.45, 7) is 1.23. The number of amides is 1. The quantitative estimate of drug-likeness (QED) is 0.474. The molecule has 22 heavy (non-hydrogen) atoms. The van der Waals surface area contributed by atoms with Crippen molar-refractivity contribution in [3.05, 3.63) is 46.4 Å². The van der Waals surface area contributed by atoms with Crippen LogP contribution in [0.25, 0.3) is 0 Å². The molecule has 2 aromatic rings. The summed E-state index contributed by atoms with van der Waals surface area (Å²) >= 11 is 13.9. The first-order valence-corrected chi connectivity index (χ1v) is 8.46. The van der Waals surface area contributed by atoms with Crippen LogP contribution in [0.2, 0.25) is 5.02 Å². The number of β-lactam (4-membered cyclic amide) rings is 1. The molecule has 0 saturated carbocycles. The van der Waals surface area contributed by atoms with E-state index in [1.807, 2.05) is 23.6 Å². The molecule has 3 rings (SSSR count). The summed E-state index contributed by atoms with van der Waals surface area (Å²) < 4.78 is 0. The third kappa shape index (κ3) is 3.05. The predicted molar refractivity (Wildman–Crippen MR) is 89.3 cm³/mol. The van der Waals surface area contributed by atoms with Crippen LogP contribution in [-0.2, 0) is 4.79 Å². The van der Waals surface area contributed by atoms with E-state index in [0.717, 1.165) is 10.7 Å². The van der Waals surface area contributed by atoms with Crippen LogP contribution in [-0.4, -0.2) is 34.4 Å². The Morgan fingerprint density at radius 1 is 1.32 bits per heavy atom. The Bertz CT molecular complexity index is 652. The molecule has 0 aliphatic carbocycles. The van der Waals surface area contributed by atoms with Crippen molar-refractivity contribution in [3.63, 3.8) is 0 Å². The summed E-state index contributed by atoms with van der Waals surface area (Å²) in [6, 6.07) is 7.17. The molecule has 8 heteroatoms. The van der Waals surface area contributed by atoms with Crippen LogP contribution in [0.1, 0.15) is 11.6 Å². The van der Waals surface area contributed by atoms with Gasteiger partial charge in [-0.15, -0.1) is 22.9 Å². The fourth-order valence-corrected chi connectivity index (χ4v) is 3.46. The van der Waals surface area contributed by atoms with Crippen molar-refractivity contribution in [2.45, 2.75) is 11.4 Å². The molecule has 0 radical (unpaired) electrons. The monoisotopic (exact) mass is 356 g/mol. The summed E-state index contributed by atoms with van der Waals surface area (Å²) in [7, 11) is 0. The first-order valence-electron chi connectivity index (χ1n) is 6.77. The summed E-state index contributed by atoms with van der Waals surface area (Å²) in [5.41, 5.74) is 3.94. The van der Waals surface area contributed by atoms with E-state index in [2.05, 4.69) is 15.7 Å². The molecule has 5 nitrogen and oxygen atoms in total. The van der Waals surface area contributed by atoms with E-state index in [1.165, 1.54) is 11.3 Å². The minimum Gasteiger partial charge on any atom is -0.360 e. The lowest BCUT2D eigenvalue weighted by atomic mass is 9.95. The standard InChI is InChI=1S/C14H14Cl2N4OS/c15-10-4-2-1-3-9(10)12-11(16)13(21)20(12)19-6-5-17-14-18-7-8-22-14/h1-4,7-8,11-12,19H,5-6H2,(H,17,18). The van der Waals surface area contributed by atoms with Crippen molar-refractivity contribution in [3.8, 4) is 0 Å². The maximum absolute atomic E-state index is 11.9. The number of aromatic nitrogens is 1. The number of nitrogens with zero attached hydrogens (tertiary/aromatic N) is 2. The van der Waals surface area contributed by atoms with Gasteiger partial charge in [0.1, 0.15) is 11.4 Å². The number of hydrazine groups is 1. The second-order valence-electron chi connectivity index (χ2n) is 4.75. The Balaban J connectivity index is 1.57. The first kappa shape index (κ1) is 15.6. The van der Waals surface area contributed by atoms with Gasteiger partial charge in [0.25, 0.3) is 5.91 Å². The molecular formula is C14H14Cl2N4OS. The van der Waals surface area contributed by atoms with E-state index in [4.69, 9.17) is 23.2 Å². The molecule has 0 bridgehead atoms. The first-order chi connectivity index (χ1) is 10.7. The van der Waals surface area contributed by atoms with Gasteiger partial charge in [0.2, 0.25) is 0 Å². The van der Waals surface area contributed by atoms with Gasteiger partial charge in [0.05, 0.1) is 0 Å². The number of thiazole rings is 1. The van der Waals surface area contributed by atoms with E-state index < -0.39 is 5.38 Å². The molecule has 1 saturated heterocycles. The zero-order valence-corrected chi connectivity index (χ0v) is 13.8. The van der Waals surface area contributed by atoms with Gasteiger partial charge in [0, 0.05) is 29.7 Å². The van der Waals surface area contributed by atoms with Crippen molar-refractivity contribution in [2.24, 2.45) is 0 Å². The second-order valence-corrected chi connectivity index (χ2v) is 6.52. The number of halogens is 2. The third-order valence-corrected chi connectivity index (χ3v) is 4.87. The number of anilines is 1. The van der Waals surface area contributed by atoms with Gasteiger partial charge in [-0.1, -0.05) is 29.8 Å². The summed E-state index contributed by atoms with van der Waals surface area (Å²) in [5, 5.41) is 7.50. The molecule has 2 N–H and O–H groups in total. The highest BCUT2D eigenvalue weighted by Gasteiger charge is 2.47. The molecule has 116 valence electrons. The number of nitrogens with one attached hydrogen (secondary N) is 2. The second kappa shape index (κ2) is 6.83. The Morgan fingerprint density at radius 2 is 2.14 bits per heavy atom. The van der Waals surface area contributed by atoms with Gasteiger partial charge < -0.3 is 5.32 Å². The van der Waals surface area contributed by atoms with Gasteiger partial charge in [-0.05, 0) is 11.6 Å². The fraction of sp³-hybridized carbons (Fsp3) is 0.286. The molecule has 2 unspecified atom stereocenters. The molecular weight excluding hydrogens is 343 g/mol. The largest absolute Gasteiger partial charge is 0.360 e. The maximum Gasteiger partial charge on any atom is 0.257 e. The van der Waals surface area contributed by atoms with Crippen LogP contribution < -0.4 is 10.7 Å². The number of benzene rings is 1. The number of alkyl halides is 1. The fourth-order valence-electron chi connectivity index (χ4n) is 2.30. The highest BCUT2D eigenvalue weighted by Crippen LogP contribution is 2.39. The van der Waals surface area contributed by atoms with Crippen LogP contribution in [0, 0.1) is 0 Å². The highest BCUT2D eigenvalue weighted by atomic mass is 35.5. The van der Waals surface area contributed by atoms with E-state index >= 15 is 0 Å². The van der Waals surface area contributed by atoms with Crippen molar-refractivity contribution in [2.75, 3.05) is 18.4 Å². The third-order valence-electron chi connectivity index (χ3n) is 3.37. The lowest BCUT2D eigenvalue weighted by molar-refractivity contribution is -0.151. The smallest absolute Gasteiger partial charge is 0.257 e. The van der Waals surface area contributed by atoms with Crippen molar-refractivity contribution in [1.29, 1.82) is 0 Å². The van der Waals surface area contributed by atoms with Gasteiger partial charge in [-0.3, -0.25) is 9.80 Å². The van der Waals surface area contributed by atoms with Crippen LogP contribution in [0.15, 0.2) is 35.8 Å². The van der Waals surface area contributed by atoms with Crippen molar-refractivity contribution in [1.82, 2.24) is 15.4 Å². The summed E-state index contributed by atoms with van der Waals surface area (Å²) in [4.78, 5) is 16.1. The molecule has 1 aliphatic heterocycles. The van der Waals surface area contributed by atoms with Gasteiger partial charge >= 0.3 is 0 Å². The van der Waals surface area contributed by atoms with E-state index in [0.29, 0.717) is 18.1 Å². The van der Waals surface area contributed by atoms with Crippen molar-refractivity contribution < 1.29 is 4.79 Å². The van der Waals surface area contributed by atoms with Crippen molar-refractivity contribution >= 4 is 45.6 Å². The van der Waals surface area contributed by atoms with Gasteiger partial charge in [-0.2, -0.15) is 0 Å². The average molecular weight is 357 g/mol. The normalized spacial score (nSPS) is 20.8. The van der Waals surface area contributed by atoms with E-state index in [1.54, 1.807) is 17.3 Å². The number of hydrogen-bond donors (Lipinski definition) is 2. The Hall–Kier alpha value is -1.34. The SMILES string of the molecule is O=C1C(Cl)C(c2ccccc2Cl)N1NCCNc1nccs1. The highest BCUT2D eigenvalue weighted by molar-refractivity contribution is 7.13. The minimum absolute atomic E-state index is 0.138. The molecule has 1 aromatic heterocycles. The molecule has 2 heterocycles. The lowest BCUT2D eigenvalue weighted by Crippen LogP contribution is -2.62. The summed E-state index contributed by atoms with van der Waals surface area (Å²) in [6.07, 6.45) is 1.74.